The van der Waals surface area contributed by atoms with Crippen LogP contribution in [0.5, 0.6) is 0 Å². The van der Waals surface area contributed by atoms with Crippen LogP contribution in [0.25, 0.3) is 10.1 Å². The van der Waals surface area contributed by atoms with Crippen molar-refractivity contribution in [1.82, 2.24) is 0 Å². The highest BCUT2D eigenvalue weighted by atomic mass is 32.1. The lowest BCUT2D eigenvalue weighted by atomic mass is 10.0. The molecular formula is C15H16O2S. The summed E-state index contributed by atoms with van der Waals surface area (Å²) >= 11 is 1.58. The van der Waals surface area contributed by atoms with E-state index in [4.69, 9.17) is 4.74 Å². The number of hydrogen-bond acceptors (Lipinski definition) is 3. The number of aryl methyl sites for hydroxylation is 2. The van der Waals surface area contributed by atoms with Crippen molar-refractivity contribution in [2.75, 3.05) is 7.11 Å². The molecule has 0 saturated carbocycles. The van der Waals surface area contributed by atoms with Crippen LogP contribution in [0.1, 0.15) is 40.1 Å². The Labute approximate surface area is 111 Å². The summed E-state index contributed by atoms with van der Waals surface area (Å²) < 4.78 is 6.09. The highest BCUT2D eigenvalue weighted by molar-refractivity contribution is 7.21. The Morgan fingerprint density at radius 3 is 2.89 bits per heavy atom. The normalized spacial score (nSPS) is 15.2. The molecule has 1 aliphatic carbocycles. The van der Waals surface area contributed by atoms with Gasteiger partial charge in [-0.05, 0) is 48.3 Å². The molecule has 0 unspecified atom stereocenters. The number of rotatable bonds is 1. The van der Waals surface area contributed by atoms with Gasteiger partial charge in [0.2, 0.25) is 0 Å². The first kappa shape index (κ1) is 11.7. The van der Waals surface area contributed by atoms with Crippen LogP contribution in [-0.2, 0) is 17.6 Å². The van der Waals surface area contributed by atoms with E-state index >= 15 is 0 Å². The minimum atomic E-state index is -0.224. The van der Waals surface area contributed by atoms with Gasteiger partial charge in [-0.25, -0.2) is 4.79 Å². The van der Waals surface area contributed by atoms with Gasteiger partial charge in [-0.3, -0.25) is 0 Å². The molecule has 3 heteroatoms. The number of benzene rings is 1. The topological polar surface area (TPSA) is 26.3 Å². The summed E-state index contributed by atoms with van der Waals surface area (Å²) in [6.07, 6.45) is 6.18. The van der Waals surface area contributed by atoms with Crippen LogP contribution >= 0.6 is 11.3 Å². The first-order valence-electron chi connectivity index (χ1n) is 6.42. The van der Waals surface area contributed by atoms with E-state index in [0.717, 1.165) is 6.42 Å². The molecule has 3 rings (SSSR count). The van der Waals surface area contributed by atoms with Gasteiger partial charge in [0.25, 0.3) is 0 Å². The van der Waals surface area contributed by atoms with E-state index in [1.54, 1.807) is 11.3 Å². The predicted molar refractivity (Wildman–Crippen MR) is 74.4 cm³/mol. The lowest BCUT2D eigenvalue weighted by molar-refractivity contribution is 0.0606. The second-order valence-electron chi connectivity index (χ2n) is 4.78. The number of esters is 1. The molecule has 18 heavy (non-hydrogen) atoms. The maximum Gasteiger partial charge on any atom is 0.348 e. The number of ether oxygens (including phenoxy) is 1. The smallest absolute Gasteiger partial charge is 0.348 e. The predicted octanol–water partition coefficient (Wildman–Crippen LogP) is 3.96. The van der Waals surface area contributed by atoms with Crippen LogP contribution in [-0.4, -0.2) is 13.1 Å². The second kappa shape index (κ2) is 4.73. The monoisotopic (exact) mass is 260 g/mol. The Morgan fingerprint density at radius 2 is 2.06 bits per heavy atom. The van der Waals surface area contributed by atoms with Crippen LogP contribution in [0.3, 0.4) is 0 Å². The van der Waals surface area contributed by atoms with Crippen molar-refractivity contribution in [2.45, 2.75) is 32.1 Å². The van der Waals surface area contributed by atoms with Gasteiger partial charge >= 0.3 is 5.97 Å². The Balaban J connectivity index is 2.15. The van der Waals surface area contributed by atoms with Crippen LogP contribution in [0, 0.1) is 0 Å². The number of carbonyl (C=O) groups excluding carboxylic acids is 1. The molecule has 0 radical (unpaired) electrons. The quantitative estimate of drug-likeness (QED) is 0.573. The summed E-state index contributed by atoms with van der Waals surface area (Å²) in [5.41, 5.74) is 2.93. The van der Waals surface area contributed by atoms with Gasteiger partial charge < -0.3 is 4.74 Å². The standard InChI is InChI=1S/C15H16O2S/c1-17-15(16)13-9-11-8-7-10-5-3-2-4-6-12(10)14(11)18-13/h7-9H,2-6H2,1H3. The van der Waals surface area contributed by atoms with Crippen molar-refractivity contribution in [1.29, 1.82) is 0 Å². The van der Waals surface area contributed by atoms with Gasteiger partial charge in [0, 0.05) is 4.70 Å². The fourth-order valence-corrected chi connectivity index (χ4v) is 3.88. The van der Waals surface area contributed by atoms with Crippen LogP contribution in [0.2, 0.25) is 0 Å². The number of hydrogen-bond donors (Lipinski definition) is 0. The average molecular weight is 260 g/mol. The van der Waals surface area contributed by atoms with Crippen molar-refractivity contribution >= 4 is 27.4 Å². The summed E-state index contributed by atoms with van der Waals surface area (Å²) in [4.78, 5) is 12.3. The van der Waals surface area contributed by atoms with Gasteiger partial charge in [-0.1, -0.05) is 18.6 Å². The van der Waals surface area contributed by atoms with Crippen LogP contribution in [0.15, 0.2) is 18.2 Å². The zero-order valence-corrected chi connectivity index (χ0v) is 11.3. The minimum absolute atomic E-state index is 0.224. The molecule has 0 atom stereocenters. The third kappa shape index (κ3) is 1.93. The molecule has 0 aliphatic heterocycles. The van der Waals surface area contributed by atoms with E-state index in [0.29, 0.717) is 4.88 Å². The van der Waals surface area contributed by atoms with Gasteiger partial charge in [-0.2, -0.15) is 0 Å². The van der Waals surface area contributed by atoms with Crippen molar-refractivity contribution < 1.29 is 9.53 Å². The Kier molecular flexibility index (Phi) is 3.08. The summed E-state index contributed by atoms with van der Waals surface area (Å²) in [6.45, 7) is 0. The maximum absolute atomic E-state index is 11.6. The molecule has 0 fully saturated rings. The Bertz CT molecular complexity index is 598. The average Bonchev–Trinajstić information content (AvgIpc) is 2.69. The zero-order valence-electron chi connectivity index (χ0n) is 10.5. The highest BCUT2D eigenvalue weighted by Gasteiger charge is 2.16. The Morgan fingerprint density at radius 1 is 1.22 bits per heavy atom. The van der Waals surface area contributed by atoms with E-state index in [9.17, 15) is 4.79 Å². The van der Waals surface area contributed by atoms with Crippen LogP contribution < -0.4 is 0 Å². The van der Waals surface area contributed by atoms with Gasteiger partial charge in [0.1, 0.15) is 4.88 Å². The third-order valence-corrected chi connectivity index (χ3v) is 4.84. The van der Waals surface area contributed by atoms with E-state index in [-0.39, 0.29) is 5.97 Å². The SMILES string of the molecule is COC(=O)c1cc2ccc3c(c2s1)CCCCC3. The fourth-order valence-electron chi connectivity index (χ4n) is 2.71. The summed E-state index contributed by atoms with van der Waals surface area (Å²) in [7, 11) is 1.44. The van der Waals surface area contributed by atoms with Gasteiger partial charge in [0.05, 0.1) is 7.11 Å². The molecule has 1 aromatic carbocycles. The van der Waals surface area contributed by atoms with Gasteiger partial charge in [-0.15, -0.1) is 11.3 Å². The molecule has 0 saturated heterocycles. The van der Waals surface area contributed by atoms with Crippen molar-refractivity contribution in [3.05, 3.63) is 34.2 Å². The van der Waals surface area contributed by atoms with Crippen molar-refractivity contribution in [3.8, 4) is 0 Å². The van der Waals surface area contributed by atoms with Crippen molar-refractivity contribution in [2.24, 2.45) is 0 Å². The number of thiophene rings is 1. The van der Waals surface area contributed by atoms with Crippen LogP contribution in [0.4, 0.5) is 0 Å². The molecule has 94 valence electrons. The third-order valence-electron chi connectivity index (χ3n) is 3.65. The lowest BCUT2D eigenvalue weighted by Gasteiger charge is -2.06. The lowest BCUT2D eigenvalue weighted by Crippen LogP contribution is -1.96. The number of methoxy groups -OCH3 is 1. The van der Waals surface area contributed by atoms with E-state index in [1.165, 1.54) is 54.0 Å². The second-order valence-corrected chi connectivity index (χ2v) is 5.84. The van der Waals surface area contributed by atoms with Crippen molar-refractivity contribution in [3.63, 3.8) is 0 Å². The zero-order chi connectivity index (χ0) is 12.5. The molecule has 1 aromatic heterocycles. The molecule has 0 spiro atoms. The molecule has 2 aromatic rings. The molecule has 0 bridgehead atoms. The Hall–Kier alpha value is -1.35. The number of fused-ring (bicyclic) bond motifs is 3. The summed E-state index contributed by atoms with van der Waals surface area (Å²) in [5, 5.41) is 1.18. The summed E-state index contributed by atoms with van der Waals surface area (Å²) in [5.74, 6) is -0.224. The molecular weight excluding hydrogens is 244 g/mol. The molecule has 0 amide bonds. The minimum Gasteiger partial charge on any atom is -0.465 e. The first-order valence-corrected chi connectivity index (χ1v) is 7.24. The van der Waals surface area contributed by atoms with E-state index < -0.39 is 0 Å². The number of carbonyl (C=O) groups is 1. The first-order chi connectivity index (χ1) is 8.79. The fraction of sp³-hybridized carbons (Fsp3) is 0.400. The summed E-state index contributed by atoms with van der Waals surface area (Å²) in [6, 6.07) is 6.33. The largest absolute Gasteiger partial charge is 0.465 e. The molecule has 0 N–H and O–H groups in total. The maximum atomic E-state index is 11.6. The molecule has 1 aliphatic rings. The van der Waals surface area contributed by atoms with E-state index in [2.05, 4.69) is 12.1 Å². The highest BCUT2D eigenvalue weighted by Crippen LogP contribution is 2.34. The van der Waals surface area contributed by atoms with Gasteiger partial charge in [0.15, 0.2) is 0 Å². The molecule has 1 heterocycles. The van der Waals surface area contributed by atoms with E-state index in [1.807, 2.05) is 6.07 Å². The molecule has 2 nitrogen and oxygen atoms in total.